The van der Waals surface area contributed by atoms with Crippen LogP contribution in [0.3, 0.4) is 0 Å². The van der Waals surface area contributed by atoms with E-state index in [0.29, 0.717) is 0 Å². The lowest BCUT2D eigenvalue weighted by atomic mass is 10.1. The number of hydrogen-bond donors (Lipinski definition) is 4. The van der Waals surface area contributed by atoms with Gasteiger partial charge in [0.25, 0.3) is 0 Å². The maximum Gasteiger partial charge on any atom is 0.0205 e. The molecule has 0 aliphatic heterocycles. The number of rotatable bonds is 27. The van der Waals surface area contributed by atoms with Gasteiger partial charge in [-0.1, -0.05) is 112 Å². The summed E-state index contributed by atoms with van der Waals surface area (Å²) in [6, 6.07) is 21.4. The number of nitrogens with one attached hydrogen (secondary N) is 4. The van der Waals surface area contributed by atoms with E-state index in [4.69, 9.17) is 0 Å². The summed E-state index contributed by atoms with van der Waals surface area (Å²) in [5.41, 5.74) is 2.76. The minimum atomic E-state index is 0.994. The van der Waals surface area contributed by atoms with Crippen LogP contribution in [0.25, 0.3) is 0 Å². The minimum Gasteiger partial charge on any atom is -0.317 e. The number of benzene rings is 2. The highest BCUT2D eigenvalue weighted by Crippen LogP contribution is 2.05. The SMILES string of the molecule is c1ccc(CNCCCCCCNCCCCCCCCNCCCCCCNCc2ccccc2)cc1. The summed E-state index contributed by atoms with van der Waals surface area (Å²) in [4.78, 5) is 0. The van der Waals surface area contributed by atoms with Gasteiger partial charge in [-0.3, -0.25) is 0 Å². The molecule has 0 amide bonds. The first-order valence-corrected chi connectivity index (χ1v) is 15.9. The summed E-state index contributed by atoms with van der Waals surface area (Å²) in [7, 11) is 0. The Balaban J connectivity index is 1.16. The molecule has 0 bridgehead atoms. The molecule has 0 aliphatic rings. The lowest BCUT2D eigenvalue weighted by Crippen LogP contribution is -2.17. The Morgan fingerprint density at radius 2 is 0.553 bits per heavy atom. The molecule has 4 N–H and O–H groups in total. The van der Waals surface area contributed by atoms with Crippen LogP contribution in [0.1, 0.15) is 101 Å². The standard InChI is InChI=1S/C34H58N4/c1(3-15-25-35-27-17-5-7-19-29-37-31-33-21-11-9-12-22-33)2-4-16-26-36-28-18-6-8-20-30-38-32-34-23-13-10-14-24-34/h9-14,21-24,35-38H,1-8,15-20,25-32H2. The lowest BCUT2D eigenvalue weighted by Gasteiger charge is -2.07. The molecule has 2 aromatic rings. The fourth-order valence-electron chi connectivity index (χ4n) is 4.82. The van der Waals surface area contributed by atoms with Crippen molar-refractivity contribution >= 4 is 0 Å². The molecule has 0 heterocycles. The molecule has 4 nitrogen and oxygen atoms in total. The summed E-state index contributed by atoms with van der Waals surface area (Å²) in [6.45, 7) is 9.03. The third-order valence-electron chi connectivity index (χ3n) is 7.22. The predicted molar refractivity (Wildman–Crippen MR) is 167 cm³/mol. The molecule has 0 unspecified atom stereocenters. The van der Waals surface area contributed by atoms with Crippen LogP contribution in [0.5, 0.6) is 0 Å². The Labute approximate surface area is 235 Å². The zero-order valence-corrected chi connectivity index (χ0v) is 24.3. The van der Waals surface area contributed by atoms with Crippen molar-refractivity contribution in [3.63, 3.8) is 0 Å². The van der Waals surface area contributed by atoms with Crippen molar-refractivity contribution in [3.05, 3.63) is 71.8 Å². The van der Waals surface area contributed by atoms with Gasteiger partial charge in [-0.05, 0) is 88.9 Å². The van der Waals surface area contributed by atoms with Crippen molar-refractivity contribution in [2.75, 3.05) is 39.3 Å². The van der Waals surface area contributed by atoms with E-state index >= 15 is 0 Å². The molecule has 0 aliphatic carbocycles. The van der Waals surface area contributed by atoms with E-state index in [2.05, 4.69) is 81.9 Å². The van der Waals surface area contributed by atoms with Crippen LogP contribution in [0, 0.1) is 0 Å². The van der Waals surface area contributed by atoms with E-state index in [-0.39, 0.29) is 0 Å². The van der Waals surface area contributed by atoms with Crippen LogP contribution in [-0.4, -0.2) is 39.3 Å². The quantitative estimate of drug-likeness (QED) is 0.0937. The van der Waals surface area contributed by atoms with Gasteiger partial charge in [-0.25, -0.2) is 0 Å². The molecular formula is C34H58N4. The Bertz CT molecular complexity index is 658. The van der Waals surface area contributed by atoms with E-state index in [0.717, 1.165) is 26.2 Å². The third kappa shape index (κ3) is 20.3. The fourth-order valence-corrected chi connectivity index (χ4v) is 4.82. The minimum absolute atomic E-state index is 0.994. The Morgan fingerprint density at radius 3 is 0.868 bits per heavy atom. The van der Waals surface area contributed by atoms with Crippen molar-refractivity contribution in [2.45, 2.75) is 103 Å². The monoisotopic (exact) mass is 522 g/mol. The van der Waals surface area contributed by atoms with Crippen LogP contribution in [-0.2, 0) is 13.1 Å². The number of hydrogen-bond acceptors (Lipinski definition) is 4. The molecule has 0 radical (unpaired) electrons. The van der Waals surface area contributed by atoms with E-state index in [1.165, 1.54) is 127 Å². The van der Waals surface area contributed by atoms with Gasteiger partial charge in [0.1, 0.15) is 0 Å². The average molecular weight is 523 g/mol. The smallest absolute Gasteiger partial charge is 0.0205 e. The second-order valence-electron chi connectivity index (χ2n) is 10.8. The first kappa shape index (κ1) is 32.5. The molecule has 2 aromatic carbocycles. The summed E-state index contributed by atoms with van der Waals surface area (Å²) in [6.07, 6.45) is 18.8. The van der Waals surface area contributed by atoms with Crippen LogP contribution in [0.2, 0.25) is 0 Å². The zero-order valence-electron chi connectivity index (χ0n) is 24.3. The lowest BCUT2D eigenvalue weighted by molar-refractivity contribution is 0.526. The topological polar surface area (TPSA) is 48.1 Å². The van der Waals surface area contributed by atoms with E-state index in [9.17, 15) is 0 Å². The van der Waals surface area contributed by atoms with E-state index < -0.39 is 0 Å². The van der Waals surface area contributed by atoms with E-state index in [1.807, 2.05) is 0 Å². The van der Waals surface area contributed by atoms with Crippen molar-refractivity contribution in [1.82, 2.24) is 21.3 Å². The highest BCUT2D eigenvalue weighted by atomic mass is 14.9. The first-order valence-electron chi connectivity index (χ1n) is 15.9. The average Bonchev–Trinajstić information content (AvgIpc) is 2.96. The molecule has 214 valence electrons. The van der Waals surface area contributed by atoms with Gasteiger partial charge in [0.05, 0.1) is 0 Å². The first-order chi connectivity index (χ1) is 18.9. The van der Waals surface area contributed by atoms with Crippen molar-refractivity contribution in [3.8, 4) is 0 Å². The second kappa shape index (κ2) is 25.6. The predicted octanol–water partition coefficient (Wildman–Crippen LogP) is 7.21. The Kier molecular flexibility index (Phi) is 21.8. The van der Waals surface area contributed by atoms with Gasteiger partial charge >= 0.3 is 0 Å². The van der Waals surface area contributed by atoms with Crippen LogP contribution < -0.4 is 21.3 Å². The van der Waals surface area contributed by atoms with Gasteiger partial charge in [-0.2, -0.15) is 0 Å². The Hall–Kier alpha value is -1.72. The molecule has 0 aromatic heterocycles. The highest BCUT2D eigenvalue weighted by molar-refractivity contribution is 5.14. The molecule has 0 saturated heterocycles. The molecule has 0 saturated carbocycles. The largest absolute Gasteiger partial charge is 0.317 e. The second-order valence-corrected chi connectivity index (χ2v) is 10.8. The fraction of sp³-hybridized carbons (Fsp3) is 0.647. The zero-order chi connectivity index (χ0) is 26.6. The van der Waals surface area contributed by atoms with Gasteiger partial charge in [0.15, 0.2) is 0 Å². The summed E-state index contributed by atoms with van der Waals surface area (Å²) in [5.74, 6) is 0. The summed E-state index contributed by atoms with van der Waals surface area (Å²) < 4.78 is 0. The molecule has 0 atom stereocenters. The molecular weight excluding hydrogens is 464 g/mol. The van der Waals surface area contributed by atoms with E-state index in [1.54, 1.807) is 0 Å². The van der Waals surface area contributed by atoms with Gasteiger partial charge in [-0.15, -0.1) is 0 Å². The molecule has 0 fully saturated rings. The number of unbranched alkanes of at least 4 members (excludes halogenated alkanes) is 11. The molecule has 0 spiro atoms. The van der Waals surface area contributed by atoms with Crippen molar-refractivity contribution < 1.29 is 0 Å². The molecule has 38 heavy (non-hydrogen) atoms. The normalized spacial score (nSPS) is 11.3. The highest BCUT2D eigenvalue weighted by Gasteiger charge is 1.96. The van der Waals surface area contributed by atoms with Gasteiger partial charge in [0.2, 0.25) is 0 Å². The van der Waals surface area contributed by atoms with Crippen molar-refractivity contribution in [2.24, 2.45) is 0 Å². The maximum atomic E-state index is 3.64. The maximum absolute atomic E-state index is 3.64. The molecule has 2 rings (SSSR count). The van der Waals surface area contributed by atoms with Crippen LogP contribution in [0.4, 0.5) is 0 Å². The van der Waals surface area contributed by atoms with Gasteiger partial charge in [0, 0.05) is 13.1 Å². The Morgan fingerprint density at radius 1 is 0.289 bits per heavy atom. The molecule has 4 heteroatoms. The third-order valence-corrected chi connectivity index (χ3v) is 7.22. The van der Waals surface area contributed by atoms with Gasteiger partial charge < -0.3 is 21.3 Å². The van der Waals surface area contributed by atoms with Crippen molar-refractivity contribution in [1.29, 1.82) is 0 Å². The van der Waals surface area contributed by atoms with Crippen LogP contribution >= 0.6 is 0 Å². The summed E-state index contributed by atoms with van der Waals surface area (Å²) >= 11 is 0. The summed E-state index contributed by atoms with van der Waals surface area (Å²) in [5, 5.41) is 14.4. The van der Waals surface area contributed by atoms with Crippen LogP contribution in [0.15, 0.2) is 60.7 Å².